The van der Waals surface area contributed by atoms with E-state index in [1.165, 1.54) is 31.4 Å². The molecule has 0 bridgehead atoms. The predicted octanol–water partition coefficient (Wildman–Crippen LogP) is 3.71. The highest BCUT2D eigenvalue weighted by atomic mass is 79.9. The van der Waals surface area contributed by atoms with Gasteiger partial charge in [0.15, 0.2) is 5.70 Å². The molecule has 0 fully saturated rings. The maximum Gasteiger partial charge on any atom is 0.363 e. The molecule has 0 saturated heterocycles. The van der Waals surface area contributed by atoms with E-state index in [2.05, 4.69) is 20.9 Å². The highest BCUT2D eigenvalue weighted by molar-refractivity contribution is 9.10. The van der Waals surface area contributed by atoms with Crippen LogP contribution in [0.5, 0.6) is 5.75 Å². The lowest BCUT2D eigenvalue weighted by atomic mass is 10.1. The van der Waals surface area contributed by atoms with E-state index >= 15 is 0 Å². The van der Waals surface area contributed by atoms with Crippen molar-refractivity contribution in [3.63, 3.8) is 0 Å². The van der Waals surface area contributed by atoms with Gasteiger partial charge in [0.25, 0.3) is 5.69 Å². The Morgan fingerprint density at radius 3 is 2.80 bits per heavy atom. The number of nitrogens with zero attached hydrogens (tertiary/aromatic N) is 2. The van der Waals surface area contributed by atoms with Gasteiger partial charge in [-0.25, -0.2) is 9.79 Å². The zero-order valence-corrected chi connectivity index (χ0v) is 14.5. The number of nitro benzene ring substituents is 1. The number of hydrogen-bond donors (Lipinski definition) is 0. The number of ether oxygens (including phenoxy) is 2. The van der Waals surface area contributed by atoms with Crippen molar-refractivity contribution in [2.45, 2.75) is 0 Å². The molecule has 0 atom stereocenters. The lowest BCUT2D eigenvalue weighted by Crippen LogP contribution is -2.05. The summed E-state index contributed by atoms with van der Waals surface area (Å²) in [4.78, 5) is 26.6. The van der Waals surface area contributed by atoms with Gasteiger partial charge in [0.05, 0.1) is 12.0 Å². The minimum absolute atomic E-state index is 0.0221. The van der Waals surface area contributed by atoms with Crippen LogP contribution >= 0.6 is 15.9 Å². The van der Waals surface area contributed by atoms with Crippen molar-refractivity contribution < 1.29 is 19.2 Å². The number of cyclic esters (lactones) is 1. The summed E-state index contributed by atoms with van der Waals surface area (Å²) in [6.45, 7) is 0. The monoisotopic (exact) mass is 402 g/mol. The summed E-state index contributed by atoms with van der Waals surface area (Å²) < 4.78 is 11.2. The van der Waals surface area contributed by atoms with Crippen LogP contribution in [0.15, 0.2) is 57.6 Å². The van der Waals surface area contributed by atoms with Crippen molar-refractivity contribution in [1.29, 1.82) is 0 Å². The Morgan fingerprint density at radius 2 is 2.08 bits per heavy atom. The van der Waals surface area contributed by atoms with Gasteiger partial charge in [-0.05, 0) is 30.3 Å². The molecule has 2 aromatic rings. The molecule has 8 heteroatoms. The molecule has 1 heterocycles. The van der Waals surface area contributed by atoms with Crippen molar-refractivity contribution in [3.05, 3.63) is 73.9 Å². The topological polar surface area (TPSA) is 91.0 Å². The number of benzene rings is 2. The molecule has 3 rings (SSSR count). The quantitative estimate of drug-likeness (QED) is 0.336. The van der Waals surface area contributed by atoms with Gasteiger partial charge in [-0.15, -0.1) is 0 Å². The molecule has 7 nitrogen and oxygen atoms in total. The summed E-state index contributed by atoms with van der Waals surface area (Å²) in [5.74, 6) is -0.0417. The molecule has 0 unspecified atom stereocenters. The maximum absolute atomic E-state index is 12.1. The molecule has 0 amide bonds. The smallest absolute Gasteiger partial charge is 0.363 e. The third kappa shape index (κ3) is 3.58. The summed E-state index contributed by atoms with van der Waals surface area (Å²) in [6.07, 6.45) is 1.54. The molecule has 2 aromatic carbocycles. The Labute approximate surface area is 150 Å². The normalized spacial score (nSPS) is 15.0. The van der Waals surface area contributed by atoms with Crippen LogP contribution in [-0.4, -0.2) is 23.9 Å². The number of rotatable bonds is 4. The van der Waals surface area contributed by atoms with Gasteiger partial charge in [-0.1, -0.05) is 22.0 Å². The average molecular weight is 403 g/mol. The SMILES string of the molecule is COc1ccc(Br)cc1/C=C1/N=C(c2cccc([N+](=O)[O-])c2)OC1=O. The summed E-state index contributed by atoms with van der Waals surface area (Å²) in [5.41, 5.74) is 0.972. The molecule has 0 radical (unpaired) electrons. The van der Waals surface area contributed by atoms with Gasteiger partial charge in [-0.2, -0.15) is 0 Å². The zero-order chi connectivity index (χ0) is 18.0. The number of nitro groups is 1. The fraction of sp³-hybridized carbons (Fsp3) is 0.0588. The molecule has 0 aromatic heterocycles. The number of methoxy groups -OCH3 is 1. The molecule has 0 N–H and O–H groups in total. The number of halogens is 1. The number of non-ortho nitro benzene ring substituents is 1. The van der Waals surface area contributed by atoms with Crippen molar-refractivity contribution in [3.8, 4) is 5.75 Å². The molecule has 0 spiro atoms. The first-order chi connectivity index (χ1) is 12.0. The van der Waals surface area contributed by atoms with Crippen LogP contribution in [0.3, 0.4) is 0 Å². The molecule has 1 aliphatic rings. The summed E-state index contributed by atoms with van der Waals surface area (Å²) in [7, 11) is 1.52. The van der Waals surface area contributed by atoms with E-state index in [1.807, 2.05) is 6.07 Å². The van der Waals surface area contributed by atoms with E-state index in [9.17, 15) is 14.9 Å². The van der Waals surface area contributed by atoms with Gasteiger partial charge in [-0.3, -0.25) is 10.1 Å². The predicted molar refractivity (Wildman–Crippen MR) is 94.4 cm³/mol. The van der Waals surface area contributed by atoms with Gasteiger partial charge in [0, 0.05) is 27.7 Å². The van der Waals surface area contributed by atoms with Gasteiger partial charge >= 0.3 is 5.97 Å². The van der Waals surface area contributed by atoms with E-state index in [0.29, 0.717) is 16.9 Å². The highest BCUT2D eigenvalue weighted by Gasteiger charge is 2.25. The van der Waals surface area contributed by atoms with Gasteiger partial charge in [0.2, 0.25) is 5.90 Å². The number of hydrogen-bond acceptors (Lipinski definition) is 6. The summed E-state index contributed by atoms with van der Waals surface area (Å²) in [5, 5.41) is 10.9. The largest absolute Gasteiger partial charge is 0.496 e. The first kappa shape index (κ1) is 16.8. The molecular formula is C17H11BrN2O5. The van der Waals surface area contributed by atoms with Crippen LogP contribution < -0.4 is 4.74 Å². The van der Waals surface area contributed by atoms with Crippen molar-refractivity contribution in [2.24, 2.45) is 4.99 Å². The van der Waals surface area contributed by atoms with Crippen LogP contribution in [0.1, 0.15) is 11.1 Å². The van der Waals surface area contributed by atoms with E-state index in [0.717, 1.165) is 4.47 Å². The van der Waals surface area contributed by atoms with Crippen molar-refractivity contribution in [2.75, 3.05) is 7.11 Å². The number of carbonyl (C=O) groups excluding carboxylic acids is 1. The minimum Gasteiger partial charge on any atom is -0.496 e. The second kappa shape index (κ2) is 6.86. The van der Waals surface area contributed by atoms with Gasteiger partial charge < -0.3 is 9.47 Å². The summed E-state index contributed by atoms with van der Waals surface area (Å²) >= 11 is 3.36. The Balaban J connectivity index is 1.99. The minimum atomic E-state index is -0.636. The lowest BCUT2D eigenvalue weighted by molar-refractivity contribution is -0.384. The Hall–Kier alpha value is -3.00. The Morgan fingerprint density at radius 1 is 1.28 bits per heavy atom. The van der Waals surface area contributed by atoms with Crippen LogP contribution in [-0.2, 0) is 9.53 Å². The number of carbonyl (C=O) groups is 1. The van der Waals surface area contributed by atoms with Crippen molar-refractivity contribution >= 4 is 39.6 Å². The first-order valence-electron chi connectivity index (χ1n) is 7.09. The first-order valence-corrected chi connectivity index (χ1v) is 7.88. The third-order valence-electron chi connectivity index (χ3n) is 3.41. The third-order valence-corrected chi connectivity index (χ3v) is 3.90. The van der Waals surface area contributed by atoms with Crippen LogP contribution in [0.25, 0.3) is 6.08 Å². The molecule has 25 heavy (non-hydrogen) atoms. The molecule has 0 saturated carbocycles. The Bertz CT molecular complexity index is 936. The van der Waals surface area contributed by atoms with Crippen LogP contribution in [0.4, 0.5) is 5.69 Å². The maximum atomic E-state index is 12.1. The number of aliphatic imine (C=N–C) groups is 1. The van der Waals surface area contributed by atoms with Gasteiger partial charge in [0.1, 0.15) is 5.75 Å². The fourth-order valence-corrected chi connectivity index (χ4v) is 2.63. The average Bonchev–Trinajstić information content (AvgIpc) is 2.96. The van der Waals surface area contributed by atoms with E-state index in [4.69, 9.17) is 9.47 Å². The second-order valence-corrected chi connectivity index (χ2v) is 5.95. The van der Waals surface area contributed by atoms with Crippen LogP contribution in [0, 0.1) is 10.1 Å². The lowest BCUT2D eigenvalue weighted by Gasteiger charge is -2.04. The molecule has 0 aliphatic carbocycles. The summed E-state index contributed by atoms with van der Waals surface area (Å²) in [6, 6.07) is 11.1. The zero-order valence-electron chi connectivity index (χ0n) is 12.9. The fourth-order valence-electron chi connectivity index (χ4n) is 2.25. The highest BCUT2D eigenvalue weighted by Crippen LogP contribution is 2.27. The van der Waals surface area contributed by atoms with Crippen LogP contribution in [0.2, 0.25) is 0 Å². The second-order valence-electron chi connectivity index (χ2n) is 5.03. The Kier molecular flexibility index (Phi) is 4.62. The standard InChI is InChI=1S/C17H11BrN2O5/c1-24-15-6-5-12(18)7-11(15)9-14-17(21)25-16(19-14)10-3-2-4-13(8-10)20(22)23/h2-9H,1H3/b14-9+. The van der Waals surface area contributed by atoms with E-state index < -0.39 is 10.9 Å². The number of esters is 1. The molecule has 1 aliphatic heterocycles. The van der Waals surface area contributed by atoms with E-state index in [-0.39, 0.29) is 17.3 Å². The molecule has 126 valence electrons. The van der Waals surface area contributed by atoms with Crippen molar-refractivity contribution in [1.82, 2.24) is 0 Å². The van der Waals surface area contributed by atoms with E-state index in [1.54, 1.807) is 18.2 Å². The molecular weight excluding hydrogens is 392 g/mol.